The second-order valence-corrected chi connectivity index (χ2v) is 6.06. The molecule has 0 aromatic carbocycles. The number of hydrogen-bond acceptors (Lipinski definition) is 8. The maximum absolute atomic E-state index is 7.49. The van der Waals surface area contributed by atoms with E-state index in [4.69, 9.17) is 22.3 Å². The molecule has 16 heavy (non-hydrogen) atoms. The van der Waals surface area contributed by atoms with Crippen molar-refractivity contribution in [3.63, 3.8) is 0 Å². The van der Waals surface area contributed by atoms with E-state index in [1.165, 1.54) is 11.3 Å². The third kappa shape index (κ3) is 5.33. The molecule has 6 N–H and O–H groups in total. The highest BCUT2D eigenvalue weighted by Crippen LogP contribution is 2.19. The molecule has 0 atom stereocenters. The largest absolute Gasteiger partial charge is 0.378 e. The predicted molar refractivity (Wildman–Crippen MR) is 72.3 cm³/mol. The fraction of sp³-hybridized carbons (Fsp3) is 0.429. The van der Waals surface area contributed by atoms with Crippen LogP contribution in [0.3, 0.4) is 0 Å². The van der Waals surface area contributed by atoms with E-state index in [2.05, 4.69) is 10.2 Å². The molecule has 1 rings (SSSR count). The first kappa shape index (κ1) is 13.3. The van der Waals surface area contributed by atoms with Crippen LogP contribution in [0.15, 0.2) is 0 Å². The first-order chi connectivity index (χ1) is 7.58. The van der Waals surface area contributed by atoms with Crippen LogP contribution in [0.1, 0.15) is 11.4 Å². The number of nitrogens with zero attached hydrogens (tertiary/aromatic N) is 2. The Balaban J connectivity index is 2.12. The van der Waals surface area contributed by atoms with Crippen molar-refractivity contribution in [1.82, 2.24) is 10.2 Å². The van der Waals surface area contributed by atoms with Gasteiger partial charge in [-0.1, -0.05) is 11.3 Å². The predicted octanol–water partition coefficient (Wildman–Crippen LogP) is 1.35. The van der Waals surface area contributed by atoms with Crippen molar-refractivity contribution < 1.29 is 0 Å². The van der Waals surface area contributed by atoms with Crippen molar-refractivity contribution in [2.24, 2.45) is 5.73 Å². The average molecular weight is 276 g/mol. The van der Waals surface area contributed by atoms with Gasteiger partial charge >= 0.3 is 0 Å². The molecule has 0 unspecified atom stereocenters. The summed E-state index contributed by atoms with van der Waals surface area (Å²) in [6.07, 6.45) is 0.614. The van der Waals surface area contributed by atoms with Gasteiger partial charge in [-0.2, -0.15) is 11.8 Å². The molecule has 1 aromatic heterocycles. The van der Waals surface area contributed by atoms with E-state index in [1.54, 1.807) is 11.8 Å². The Kier molecular flexibility index (Phi) is 5.56. The summed E-state index contributed by atoms with van der Waals surface area (Å²) in [6, 6.07) is 0. The molecule has 0 aliphatic carbocycles. The fourth-order valence-electron chi connectivity index (χ4n) is 0.833. The molecule has 0 amide bonds. The Morgan fingerprint density at radius 1 is 1.38 bits per heavy atom. The Morgan fingerprint density at radius 2 is 2.12 bits per heavy atom. The van der Waals surface area contributed by atoms with Crippen LogP contribution in [0.2, 0.25) is 0 Å². The van der Waals surface area contributed by atoms with E-state index < -0.39 is 0 Å². The smallest absolute Gasteiger partial charge is 0.203 e. The van der Waals surface area contributed by atoms with Gasteiger partial charge in [-0.15, -0.1) is 10.2 Å². The zero-order valence-electron chi connectivity index (χ0n) is 8.40. The van der Waals surface area contributed by atoms with Crippen molar-refractivity contribution in [3.05, 3.63) is 5.01 Å². The van der Waals surface area contributed by atoms with Gasteiger partial charge in [-0.05, 0) is 17.5 Å². The van der Waals surface area contributed by atoms with Crippen LogP contribution in [-0.4, -0.2) is 26.2 Å². The fourth-order valence-corrected chi connectivity index (χ4v) is 3.05. The number of aromatic nitrogens is 2. The lowest BCUT2D eigenvalue weighted by molar-refractivity contribution is 1.05. The van der Waals surface area contributed by atoms with Gasteiger partial charge in [0.2, 0.25) is 5.13 Å². The minimum atomic E-state index is -0.0353. The SMILES string of the molecule is N=C(N)SC(=N)CCSCc1nnc(N)s1. The van der Waals surface area contributed by atoms with Crippen molar-refractivity contribution in [2.75, 3.05) is 11.5 Å². The van der Waals surface area contributed by atoms with Gasteiger partial charge in [0.1, 0.15) is 5.01 Å². The Labute approximate surface area is 106 Å². The number of nitrogens with one attached hydrogen (secondary N) is 2. The maximum Gasteiger partial charge on any atom is 0.203 e. The van der Waals surface area contributed by atoms with Crippen molar-refractivity contribution in [2.45, 2.75) is 12.2 Å². The standard InChI is InChI=1S/C7H12N6S3/c8-4(15-6(9)10)1-2-14-3-5-12-13-7(11)16-5/h8H,1-3H2,(H3,9,10)(H2,11,13). The van der Waals surface area contributed by atoms with Crippen molar-refractivity contribution >= 4 is 50.2 Å². The van der Waals surface area contributed by atoms with Crippen LogP contribution in [0, 0.1) is 10.8 Å². The molecule has 1 heterocycles. The minimum absolute atomic E-state index is 0.0353. The van der Waals surface area contributed by atoms with Crippen LogP contribution < -0.4 is 11.5 Å². The van der Waals surface area contributed by atoms with E-state index in [-0.39, 0.29) is 5.17 Å². The van der Waals surface area contributed by atoms with Crippen LogP contribution in [0.5, 0.6) is 0 Å². The molecule has 1 aromatic rings. The normalized spacial score (nSPS) is 10.2. The Bertz CT molecular complexity index is 376. The highest BCUT2D eigenvalue weighted by molar-refractivity contribution is 8.26. The molecule has 0 radical (unpaired) electrons. The lowest BCUT2D eigenvalue weighted by Gasteiger charge is -2.00. The van der Waals surface area contributed by atoms with Gasteiger partial charge in [0.15, 0.2) is 5.17 Å². The molecule has 9 heteroatoms. The number of rotatable bonds is 5. The van der Waals surface area contributed by atoms with Gasteiger partial charge in [0.05, 0.1) is 5.04 Å². The van der Waals surface area contributed by atoms with Gasteiger partial charge in [0.25, 0.3) is 0 Å². The zero-order chi connectivity index (χ0) is 12.0. The molecule has 0 bridgehead atoms. The molecule has 0 aliphatic heterocycles. The van der Waals surface area contributed by atoms with Gasteiger partial charge in [0, 0.05) is 12.2 Å². The van der Waals surface area contributed by atoms with Crippen LogP contribution in [0.25, 0.3) is 0 Å². The lowest BCUT2D eigenvalue weighted by atomic mass is 10.5. The van der Waals surface area contributed by atoms with Crippen LogP contribution in [0.4, 0.5) is 5.13 Å². The monoisotopic (exact) mass is 276 g/mol. The summed E-state index contributed by atoms with van der Waals surface area (Å²) < 4.78 is 0. The summed E-state index contributed by atoms with van der Waals surface area (Å²) in [4.78, 5) is 0. The maximum atomic E-state index is 7.49. The number of amidine groups is 1. The summed E-state index contributed by atoms with van der Waals surface area (Å²) >= 11 is 4.03. The summed E-state index contributed by atoms with van der Waals surface area (Å²) in [5.41, 5.74) is 10.6. The van der Waals surface area contributed by atoms with Crippen LogP contribution >= 0.6 is 34.9 Å². The zero-order valence-corrected chi connectivity index (χ0v) is 10.8. The molecular formula is C7H12N6S3. The van der Waals surface area contributed by atoms with E-state index >= 15 is 0 Å². The highest BCUT2D eigenvalue weighted by Gasteiger charge is 2.03. The number of thioether (sulfide) groups is 2. The number of nitrogens with two attached hydrogens (primary N) is 2. The topological polar surface area (TPSA) is 126 Å². The number of anilines is 1. The third-order valence-electron chi connectivity index (χ3n) is 1.41. The second-order valence-electron chi connectivity index (χ2n) is 2.73. The summed E-state index contributed by atoms with van der Waals surface area (Å²) in [5, 5.41) is 23.9. The molecule has 6 nitrogen and oxygen atoms in total. The van der Waals surface area contributed by atoms with Crippen molar-refractivity contribution in [1.29, 1.82) is 10.8 Å². The Hall–Kier alpha value is -0.800. The van der Waals surface area contributed by atoms with E-state index in [9.17, 15) is 0 Å². The molecule has 0 saturated heterocycles. The van der Waals surface area contributed by atoms with E-state index in [0.29, 0.717) is 16.6 Å². The molecule has 0 fully saturated rings. The van der Waals surface area contributed by atoms with Gasteiger partial charge in [-0.3, -0.25) is 10.8 Å². The molecule has 0 spiro atoms. The third-order valence-corrected chi connectivity index (χ3v) is 3.99. The van der Waals surface area contributed by atoms with E-state index in [1.807, 2.05) is 0 Å². The first-order valence-electron chi connectivity index (χ1n) is 4.33. The average Bonchev–Trinajstić information content (AvgIpc) is 2.58. The molecular weight excluding hydrogens is 264 g/mol. The summed E-state index contributed by atoms with van der Waals surface area (Å²) in [7, 11) is 0. The first-order valence-corrected chi connectivity index (χ1v) is 7.11. The van der Waals surface area contributed by atoms with Gasteiger partial charge in [-0.25, -0.2) is 0 Å². The number of nitrogen functional groups attached to an aromatic ring is 1. The summed E-state index contributed by atoms with van der Waals surface area (Å²) in [5.74, 6) is 1.56. The van der Waals surface area contributed by atoms with Gasteiger partial charge < -0.3 is 11.5 Å². The highest BCUT2D eigenvalue weighted by atomic mass is 32.2. The quantitative estimate of drug-likeness (QED) is 0.365. The molecule has 0 saturated carbocycles. The Morgan fingerprint density at radius 3 is 2.69 bits per heavy atom. The lowest BCUT2D eigenvalue weighted by Crippen LogP contribution is -2.08. The molecule has 88 valence electrons. The van der Waals surface area contributed by atoms with Crippen LogP contribution in [-0.2, 0) is 5.75 Å². The van der Waals surface area contributed by atoms with Crippen molar-refractivity contribution in [3.8, 4) is 0 Å². The summed E-state index contributed by atoms with van der Waals surface area (Å²) in [6.45, 7) is 0. The second kappa shape index (κ2) is 6.71. The van der Waals surface area contributed by atoms with E-state index in [0.717, 1.165) is 28.3 Å². The number of hydrogen-bond donors (Lipinski definition) is 4. The molecule has 0 aliphatic rings. The minimum Gasteiger partial charge on any atom is -0.378 e.